The largest absolute Gasteiger partial charge is 0.313 e. The van der Waals surface area contributed by atoms with Crippen LogP contribution in [0.1, 0.15) is 38.3 Å². The first kappa shape index (κ1) is 19.0. The number of nitro benzene ring substituents is 1. The van der Waals surface area contributed by atoms with Crippen molar-refractivity contribution in [1.29, 1.82) is 0 Å². The fourth-order valence-corrected chi connectivity index (χ4v) is 4.09. The van der Waals surface area contributed by atoms with Crippen molar-refractivity contribution in [2.24, 2.45) is 4.99 Å². The second-order valence-corrected chi connectivity index (χ2v) is 7.33. The summed E-state index contributed by atoms with van der Waals surface area (Å²) in [5.41, 5.74) is 4.26. The summed E-state index contributed by atoms with van der Waals surface area (Å²) in [4.78, 5) is 16.4. The number of benzene rings is 2. The molecular weight excluding hydrogens is 358 g/mol. The fraction of sp³-hybridized carbons (Fsp3) is 0.286. The van der Waals surface area contributed by atoms with Gasteiger partial charge in [0.25, 0.3) is 5.69 Å². The zero-order valence-electron chi connectivity index (χ0n) is 15.8. The van der Waals surface area contributed by atoms with Gasteiger partial charge in [0.15, 0.2) is 4.80 Å². The number of non-ortho nitro benzene ring substituents is 1. The molecule has 0 amide bonds. The molecule has 140 valence electrons. The van der Waals surface area contributed by atoms with Gasteiger partial charge < -0.3 is 4.57 Å². The van der Waals surface area contributed by atoms with Crippen molar-refractivity contribution in [1.82, 2.24) is 4.57 Å². The highest BCUT2D eigenvalue weighted by atomic mass is 32.1. The Kier molecular flexibility index (Phi) is 5.86. The molecule has 5 nitrogen and oxygen atoms in total. The summed E-state index contributed by atoms with van der Waals surface area (Å²) >= 11 is 1.60. The second kappa shape index (κ2) is 8.31. The van der Waals surface area contributed by atoms with Crippen molar-refractivity contribution < 1.29 is 4.92 Å². The van der Waals surface area contributed by atoms with E-state index in [9.17, 15) is 10.1 Å². The normalized spacial score (nSPS) is 11.9. The third-order valence-corrected chi connectivity index (χ3v) is 5.52. The predicted octanol–water partition coefficient (Wildman–Crippen LogP) is 6.03. The van der Waals surface area contributed by atoms with Gasteiger partial charge in [0.1, 0.15) is 0 Å². The van der Waals surface area contributed by atoms with Gasteiger partial charge in [-0.2, -0.15) is 0 Å². The van der Waals surface area contributed by atoms with Crippen LogP contribution in [0, 0.1) is 17.0 Å². The van der Waals surface area contributed by atoms with Crippen molar-refractivity contribution in [3.63, 3.8) is 0 Å². The van der Waals surface area contributed by atoms with Gasteiger partial charge in [-0.05, 0) is 49.6 Å². The molecule has 3 rings (SSSR count). The summed E-state index contributed by atoms with van der Waals surface area (Å²) in [6.45, 7) is 6.41. The van der Waals surface area contributed by atoms with Gasteiger partial charge in [0, 0.05) is 23.6 Å². The van der Waals surface area contributed by atoms with Crippen LogP contribution in [0.3, 0.4) is 0 Å². The Balaban J connectivity index is 2.13. The molecule has 2 aromatic carbocycles. The van der Waals surface area contributed by atoms with E-state index in [4.69, 9.17) is 4.99 Å². The van der Waals surface area contributed by atoms with Gasteiger partial charge in [-0.25, -0.2) is 4.99 Å². The lowest BCUT2D eigenvalue weighted by atomic mass is 10.1. The van der Waals surface area contributed by atoms with E-state index < -0.39 is 0 Å². The first-order chi connectivity index (χ1) is 13.0. The van der Waals surface area contributed by atoms with E-state index in [1.54, 1.807) is 23.5 Å². The smallest absolute Gasteiger partial charge is 0.269 e. The summed E-state index contributed by atoms with van der Waals surface area (Å²) in [6, 6.07) is 15.2. The average molecular weight is 382 g/mol. The van der Waals surface area contributed by atoms with E-state index in [0.717, 1.165) is 34.6 Å². The van der Waals surface area contributed by atoms with Gasteiger partial charge >= 0.3 is 0 Å². The highest BCUT2D eigenvalue weighted by molar-refractivity contribution is 7.07. The van der Waals surface area contributed by atoms with Crippen LogP contribution >= 0.6 is 11.3 Å². The van der Waals surface area contributed by atoms with E-state index in [-0.39, 0.29) is 10.6 Å². The van der Waals surface area contributed by atoms with Crippen molar-refractivity contribution in [2.45, 2.75) is 39.7 Å². The molecule has 0 aliphatic heterocycles. The standard InChI is InChI=1S/C21H23N3O2S/c1-4-18(5-2)23-20(16-8-12-19(13-9-16)24(25)26)14-27-21(23)22-17-10-6-15(3)7-11-17/h6-14,18H,4-5H2,1-3H3. The van der Waals surface area contributed by atoms with E-state index in [0.29, 0.717) is 6.04 Å². The third-order valence-electron chi connectivity index (χ3n) is 4.68. The molecule has 27 heavy (non-hydrogen) atoms. The SMILES string of the molecule is CCC(CC)n1c(-c2ccc([N+](=O)[O-])cc2)csc1=Nc1ccc(C)cc1. The zero-order chi connectivity index (χ0) is 19.4. The molecular formula is C21H23N3O2S. The predicted molar refractivity (Wildman–Crippen MR) is 110 cm³/mol. The molecule has 0 fully saturated rings. The van der Waals surface area contributed by atoms with Crippen LogP contribution in [-0.2, 0) is 0 Å². The van der Waals surface area contributed by atoms with Gasteiger partial charge in [0.2, 0.25) is 0 Å². The Hall–Kier alpha value is -2.73. The maximum atomic E-state index is 10.9. The number of nitro groups is 1. The molecule has 6 heteroatoms. The van der Waals surface area contributed by atoms with Crippen LogP contribution in [0.2, 0.25) is 0 Å². The van der Waals surface area contributed by atoms with Gasteiger partial charge in [-0.1, -0.05) is 31.5 Å². The Morgan fingerprint density at radius 1 is 1.07 bits per heavy atom. The number of aromatic nitrogens is 1. The van der Waals surface area contributed by atoms with E-state index >= 15 is 0 Å². The Morgan fingerprint density at radius 2 is 1.70 bits per heavy atom. The van der Waals surface area contributed by atoms with Gasteiger partial charge in [0.05, 0.1) is 16.3 Å². The minimum Gasteiger partial charge on any atom is -0.313 e. The van der Waals surface area contributed by atoms with Crippen LogP contribution in [0.4, 0.5) is 11.4 Å². The summed E-state index contributed by atoms with van der Waals surface area (Å²) in [7, 11) is 0. The summed E-state index contributed by atoms with van der Waals surface area (Å²) in [6.07, 6.45) is 1.99. The number of hydrogen-bond acceptors (Lipinski definition) is 4. The third kappa shape index (κ3) is 4.17. The highest BCUT2D eigenvalue weighted by Gasteiger charge is 2.16. The number of nitrogens with zero attached hydrogens (tertiary/aromatic N) is 3. The molecule has 0 radical (unpaired) electrons. The maximum absolute atomic E-state index is 10.9. The van der Waals surface area contributed by atoms with Crippen molar-refractivity contribution in [3.05, 3.63) is 74.4 Å². The highest BCUT2D eigenvalue weighted by Crippen LogP contribution is 2.28. The quantitative estimate of drug-likeness (QED) is 0.387. The lowest BCUT2D eigenvalue weighted by Gasteiger charge is -2.18. The molecule has 0 aliphatic rings. The first-order valence-electron chi connectivity index (χ1n) is 9.09. The second-order valence-electron chi connectivity index (χ2n) is 6.50. The topological polar surface area (TPSA) is 60.4 Å². The molecule has 0 bridgehead atoms. The molecule has 0 spiro atoms. The molecule has 0 aliphatic carbocycles. The Labute approximate surface area is 162 Å². The molecule has 1 heterocycles. The average Bonchev–Trinajstić information content (AvgIpc) is 3.08. The van der Waals surface area contributed by atoms with Crippen molar-refractivity contribution in [2.75, 3.05) is 0 Å². The Bertz CT molecular complexity index is 982. The first-order valence-corrected chi connectivity index (χ1v) is 9.97. The molecule has 3 aromatic rings. The molecule has 0 saturated carbocycles. The monoisotopic (exact) mass is 381 g/mol. The maximum Gasteiger partial charge on any atom is 0.269 e. The molecule has 0 N–H and O–H groups in total. The number of aryl methyl sites for hydroxylation is 1. The van der Waals surface area contributed by atoms with Crippen LogP contribution in [0.15, 0.2) is 58.9 Å². The van der Waals surface area contributed by atoms with Crippen LogP contribution in [-0.4, -0.2) is 9.49 Å². The number of rotatable bonds is 6. The van der Waals surface area contributed by atoms with E-state index in [2.05, 4.69) is 42.9 Å². The molecule has 0 atom stereocenters. The van der Waals surface area contributed by atoms with E-state index in [1.165, 1.54) is 5.56 Å². The minimum atomic E-state index is -0.371. The molecule has 1 aromatic heterocycles. The zero-order valence-corrected chi connectivity index (χ0v) is 16.6. The fourth-order valence-electron chi connectivity index (χ4n) is 3.10. The summed E-state index contributed by atoms with van der Waals surface area (Å²) in [5.74, 6) is 0. The van der Waals surface area contributed by atoms with Gasteiger partial charge in [-0.15, -0.1) is 11.3 Å². The number of thiazole rings is 1. The van der Waals surface area contributed by atoms with Crippen LogP contribution in [0.5, 0.6) is 0 Å². The van der Waals surface area contributed by atoms with E-state index in [1.807, 2.05) is 24.3 Å². The Morgan fingerprint density at radius 3 is 2.26 bits per heavy atom. The van der Waals surface area contributed by atoms with Crippen LogP contribution in [0.25, 0.3) is 11.3 Å². The summed E-state index contributed by atoms with van der Waals surface area (Å²) in [5, 5.41) is 13.0. The lowest BCUT2D eigenvalue weighted by molar-refractivity contribution is -0.384. The van der Waals surface area contributed by atoms with Crippen LogP contribution < -0.4 is 4.80 Å². The van der Waals surface area contributed by atoms with Gasteiger partial charge in [-0.3, -0.25) is 10.1 Å². The number of hydrogen-bond donors (Lipinski definition) is 0. The summed E-state index contributed by atoms with van der Waals surface area (Å²) < 4.78 is 2.27. The molecule has 0 saturated heterocycles. The minimum absolute atomic E-state index is 0.104. The molecule has 0 unspecified atom stereocenters. The lowest BCUT2D eigenvalue weighted by Crippen LogP contribution is -2.21. The van der Waals surface area contributed by atoms with Crippen molar-refractivity contribution >= 4 is 22.7 Å². The van der Waals surface area contributed by atoms with Crippen molar-refractivity contribution in [3.8, 4) is 11.3 Å².